The molecule has 0 fully saturated rings. The van der Waals surface area contributed by atoms with Gasteiger partial charge in [-0.05, 0) is 49.9 Å². The first-order valence-electron chi connectivity index (χ1n) is 10.4. The molecule has 6 nitrogen and oxygen atoms in total. The van der Waals surface area contributed by atoms with Gasteiger partial charge in [0.25, 0.3) is 0 Å². The third-order valence-corrected chi connectivity index (χ3v) is 4.54. The van der Waals surface area contributed by atoms with E-state index >= 15 is 0 Å². The highest BCUT2D eigenvalue weighted by molar-refractivity contribution is 5.79. The molecule has 8 heteroatoms. The van der Waals surface area contributed by atoms with Gasteiger partial charge in [-0.15, -0.1) is 0 Å². The van der Waals surface area contributed by atoms with Crippen LogP contribution in [-0.4, -0.2) is 57.9 Å². The number of hydrogen-bond donors (Lipinski definition) is 2. The van der Waals surface area contributed by atoms with E-state index in [-0.39, 0.29) is 12.1 Å². The molecule has 2 aromatic rings. The Balaban J connectivity index is 1.90. The Morgan fingerprint density at radius 1 is 1.06 bits per heavy atom. The molecule has 0 heterocycles. The highest BCUT2D eigenvalue weighted by atomic mass is 19.1. The second-order valence-corrected chi connectivity index (χ2v) is 7.08. The van der Waals surface area contributed by atoms with Crippen LogP contribution in [0.15, 0.2) is 47.5 Å². The van der Waals surface area contributed by atoms with E-state index in [0.717, 1.165) is 36.5 Å². The number of ether oxygens (including phenoxy) is 2. The average molecular weight is 435 g/mol. The van der Waals surface area contributed by atoms with Crippen LogP contribution in [0.2, 0.25) is 0 Å². The van der Waals surface area contributed by atoms with Crippen molar-refractivity contribution in [1.82, 2.24) is 15.5 Å². The van der Waals surface area contributed by atoms with Crippen molar-refractivity contribution in [3.63, 3.8) is 0 Å². The summed E-state index contributed by atoms with van der Waals surface area (Å²) < 4.78 is 38.1. The van der Waals surface area contributed by atoms with Crippen LogP contribution in [0.3, 0.4) is 0 Å². The molecule has 31 heavy (non-hydrogen) atoms. The summed E-state index contributed by atoms with van der Waals surface area (Å²) in [6.07, 6.45) is 0. The maximum atomic E-state index is 13.8. The van der Waals surface area contributed by atoms with Crippen LogP contribution in [0.1, 0.15) is 18.1 Å². The van der Waals surface area contributed by atoms with E-state index in [1.54, 1.807) is 7.11 Å². The lowest BCUT2D eigenvalue weighted by Gasteiger charge is -2.16. The van der Waals surface area contributed by atoms with Gasteiger partial charge in [0.1, 0.15) is 24.0 Å². The van der Waals surface area contributed by atoms with Crippen molar-refractivity contribution in [3.8, 4) is 5.75 Å². The summed E-state index contributed by atoms with van der Waals surface area (Å²) in [4.78, 5) is 6.68. The van der Waals surface area contributed by atoms with E-state index in [0.29, 0.717) is 32.3 Å². The maximum Gasteiger partial charge on any atom is 0.191 e. The fourth-order valence-corrected chi connectivity index (χ4v) is 2.78. The van der Waals surface area contributed by atoms with Crippen LogP contribution in [-0.2, 0) is 17.8 Å². The maximum absolute atomic E-state index is 13.8. The summed E-state index contributed by atoms with van der Waals surface area (Å²) in [6.45, 7) is 6.08. The van der Waals surface area contributed by atoms with Gasteiger partial charge >= 0.3 is 0 Å². The van der Waals surface area contributed by atoms with Crippen LogP contribution in [0.5, 0.6) is 5.75 Å². The van der Waals surface area contributed by atoms with Gasteiger partial charge in [-0.1, -0.05) is 12.1 Å². The van der Waals surface area contributed by atoms with E-state index in [1.165, 1.54) is 6.07 Å². The van der Waals surface area contributed by atoms with Crippen molar-refractivity contribution in [3.05, 3.63) is 65.2 Å². The number of halogens is 2. The molecule has 0 bridgehead atoms. The average Bonchev–Trinajstić information content (AvgIpc) is 2.76. The minimum absolute atomic E-state index is 0.134. The van der Waals surface area contributed by atoms with E-state index in [9.17, 15) is 8.78 Å². The standard InChI is InChI=1S/C23H32F2N4O2/c1-4-26-23(28-17-19-15-20(24)8-9-22(19)25)27-16-18-6-5-7-21(14-18)31-13-11-29(2)10-12-30-3/h5-9,14-15H,4,10-13,16-17H2,1-3H3,(H2,26,27,28). The third-order valence-electron chi connectivity index (χ3n) is 4.54. The Hall–Kier alpha value is -2.71. The zero-order valence-corrected chi connectivity index (χ0v) is 18.5. The van der Waals surface area contributed by atoms with Crippen molar-refractivity contribution < 1.29 is 18.3 Å². The van der Waals surface area contributed by atoms with Crippen molar-refractivity contribution in [2.24, 2.45) is 4.99 Å². The van der Waals surface area contributed by atoms with Crippen LogP contribution in [0.4, 0.5) is 8.78 Å². The Bertz CT molecular complexity index is 833. The molecule has 0 aliphatic heterocycles. The summed E-state index contributed by atoms with van der Waals surface area (Å²) in [5, 5.41) is 6.15. The molecule has 0 atom stereocenters. The number of nitrogens with one attached hydrogen (secondary N) is 2. The predicted octanol–water partition coefficient (Wildman–Crippen LogP) is 3.18. The van der Waals surface area contributed by atoms with Crippen LogP contribution in [0, 0.1) is 11.6 Å². The molecular weight excluding hydrogens is 402 g/mol. The van der Waals surface area contributed by atoms with E-state index in [1.807, 2.05) is 38.2 Å². The van der Waals surface area contributed by atoms with Gasteiger partial charge in [0.05, 0.1) is 13.2 Å². The van der Waals surface area contributed by atoms with Crippen LogP contribution >= 0.6 is 0 Å². The number of rotatable bonds is 12. The first kappa shape index (κ1) is 24.6. The molecule has 170 valence electrons. The largest absolute Gasteiger partial charge is 0.492 e. The van der Waals surface area contributed by atoms with Crippen molar-refractivity contribution in [1.29, 1.82) is 0 Å². The number of aliphatic imine (C=N–C) groups is 1. The molecule has 0 aliphatic carbocycles. The van der Waals surface area contributed by atoms with Gasteiger partial charge < -0.3 is 25.0 Å². The number of likely N-dealkylation sites (N-methyl/N-ethyl adjacent to an activating group) is 1. The van der Waals surface area contributed by atoms with Crippen LogP contribution in [0.25, 0.3) is 0 Å². The first-order chi connectivity index (χ1) is 15.0. The summed E-state index contributed by atoms with van der Waals surface area (Å²) in [5.41, 5.74) is 1.23. The monoisotopic (exact) mass is 434 g/mol. The smallest absolute Gasteiger partial charge is 0.191 e. The quantitative estimate of drug-likeness (QED) is 0.397. The molecule has 0 radical (unpaired) electrons. The van der Waals surface area contributed by atoms with Gasteiger partial charge in [-0.2, -0.15) is 0 Å². The minimum atomic E-state index is -0.471. The summed E-state index contributed by atoms with van der Waals surface area (Å²) in [6, 6.07) is 11.2. The SMILES string of the molecule is CCNC(=NCc1cccc(OCCN(C)CCOC)c1)NCc1cc(F)ccc1F. The Morgan fingerprint density at radius 2 is 1.87 bits per heavy atom. The number of methoxy groups -OCH3 is 1. The highest BCUT2D eigenvalue weighted by Gasteiger charge is 2.06. The molecular formula is C23H32F2N4O2. The van der Waals surface area contributed by atoms with Crippen molar-refractivity contribution in [2.45, 2.75) is 20.0 Å². The third kappa shape index (κ3) is 9.31. The normalized spacial score (nSPS) is 11.6. The lowest BCUT2D eigenvalue weighted by molar-refractivity contribution is 0.150. The molecule has 2 rings (SSSR count). The number of hydrogen-bond acceptors (Lipinski definition) is 4. The van der Waals surface area contributed by atoms with Crippen LogP contribution < -0.4 is 15.4 Å². The van der Waals surface area contributed by atoms with Gasteiger partial charge in [-0.25, -0.2) is 13.8 Å². The molecule has 2 N–H and O–H groups in total. The lowest BCUT2D eigenvalue weighted by atomic mass is 10.2. The van der Waals surface area contributed by atoms with Gasteiger partial charge in [0.2, 0.25) is 0 Å². The zero-order chi connectivity index (χ0) is 22.5. The molecule has 0 saturated carbocycles. The van der Waals surface area contributed by atoms with E-state index in [2.05, 4.69) is 20.5 Å². The summed E-state index contributed by atoms with van der Waals surface area (Å²) in [7, 11) is 3.72. The number of guanidine groups is 1. The molecule has 0 amide bonds. The fraction of sp³-hybridized carbons (Fsp3) is 0.435. The van der Waals surface area contributed by atoms with Gasteiger partial charge in [0.15, 0.2) is 5.96 Å². The van der Waals surface area contributed by atoms with Gasteiger partial charge in [0, 0.05) is 38.9 Å². The molecule has 0 spiro atoms. The fourth-order valence-electron chi connectivity index (χ4n) is 2.78. The summed E-state index contributed by atoms with van der Waals surface area (Å²) in [5.74, 6) is 0.384. The highest BCUT2D eigenvalue weighted by Crippen LogP contribution is 2.14. The molecule has 0 unspecified atom stereocenters. The Labute approximate surface area is 183 Å². The molecule has 0 saturated heterocycles. The number of benzene rings is 2. The Morgan fingerprint density at radius 3 is 2.65 bits per heavy atom. The van der Waals surface area contributed by atoms with E-state index in [4.69, 9.17) is 9.47 Å². The molecule has 0 aromatic heterocycles. The zero-order valence-electron chi connectivity index (χ0n) is 18.5. The predicted molar refractivity (Wildman–Crippen MR) is 119 cm³/mol. The summed E-state index contributed by atoms with van der Waals surface area (Å²) >= 11 is 0. The second-order valence-electron chi connectivity index (χ2n) is 7.08. The van der Waals surface area contributed by atoms with E-state index < -0.39 is 11.6 Å². The topological polar surface area (TPSA) is 58.1 Å². The first-order valence-corrected chi connectivity index (χ1v) is 10.4. The molecule has 0 aliphatic rings. The minimum Gasteiger partial charge on any atom is -0.492 e. The Kier molecular flexibility index (Phi) is 10.7. The van der Waals surface area contributed by atoms with Crippen molar-refractivity contribution >= 4 is 5.96 Å². The number of nitrogens with zero attached hydrogens (tertiary/aromatic N) is 2. The molecule has 2 aromatic carbocycles. The van der Waals surface area contributed by atoms with Gasteiger partial charge in [-0.3, -0.25) is 0 Å². The second kappa shape index (κ2) is 13.6. The lowest BCUT2D eigenvalue weighted by Crippen LogP contribution is -2.37. The van der Waals surface area contributed by atoms with Crippen molar-refractivity contribution in [2.75, 3.05) is 47.0 Å².